The summed E-state index contributed by atoms with van der Waals surface area (Å²) in [6, 6.07) is 7.02. The van der Waals surface area contributed by atoms with Crippen molar-refractivity contribution in [2.75, 3.05) is 5.32 Å². The quantitative estimate of drug-likeness (QED) is 0.864. The van der Waals surface area contributed by atoms with E-state index in [4.69, 9.17) is 0 Å². The number of carbonyl (C=O) groups is 2. The van der Waals surface area contributed by atoms with E-state index in [9.17, 15) is 9.59 Å². The molecule has 0 unspecified atom stereocenters. The van der Waals surface area contributed by atoms with Crippen LogP contribution in [0.1, 0.15) is 64.7 Å². The van der Waals surface area contributed by atoms with Crippen LogP contribution in [0.5, 0.6) is 0 Å². The summed E-state index contributed by atoms with van der Waals surface area (Å²) in [4.78, 5) is 23.9. The summed E-state index contributed by atoms with van der Waals surface area (Å²) in [7, 11) is 0. The van der Waals surface area contributed by atoms with Crippen LogP contribution in [0.25, 0.3) is 0 Å². The Morgan fingerprint density at radius 3 is 2.27 bits per heavy atom. The first-order valence-electron chi connectivity index (χ1n) is 7.75. The molecule has 0 fully saturated rings. The second-order valence-corrected chi connectivity index (χ2v) is 7.56. The van der Waals surface area contributed by atoms with Crippen LogP contribution in [0.4, 0.5) is 5.69 Å². The monoisotopic (exact) mass is 304 g/mol. The van der Waals surface area contributed by atoms with Gasteiger partial charge in [0.15, 0.2) is 0 Å². The first-order valence-corrected chi connectivity index (χ1v) is 7.75. The number of hydrogen-bond acceptors (Lipinski definition) is 2. The summed E-state index contributed by atoms with van der Waals surface area (Å²) in [6.07, 6.45) is 1.28. The molecule has 0 atom stereocenters. The van der Waals surface area contributed by atoms with Gasteiger partial charge in [0.1, 0.15) is 0 Å². The van der Waals surface area contributed by atoms with Gasteiger partial charge in [0.05, 0.1) is 0 Å². The Labute approximate surface area is 133 Å². The van der Waals surface area contributed by atoms with E-state index in [2.05, 4.69) is 31.4 Å². The van der Waals surface area contributed by atoms with Crippen molar-refractivity contribution < 1.29 is 9.59 Å². The van der Waals surface area contributed by atoms with Crippen molar-refractivity contribution in [3.8, 4) is 0 Å². The maximum absolute atomic E-state index is 12.4. The van der Waals surface area contributed by atoms with E-state index >= 15 is 0 Å². The fourth-order valence-corrected chi connectivity index (χ4v) is 2.74. The number of anilines is 1. The molecule has 4 heteroatoms. The van der Waals surface area contributed by atoms with E-state index in [0.29, 0.717) is 17.7 Å². The molecular weight excluding hydrogens is 276 g/mol. The van der Waals surface area contributed by atoms with Gasteiger partial charge in [-0.1, -0.05) is 33.8 Å². The molecule has 0 aromatic heterocycles. The molecule has 2 amide bonds. The Morgan fingerprint density at radius 2 is 1.73 bits per heavy atom. The van der Waals surface area contributed by atoms with Crippen molar-refractivity contribution in [2.24, 2.45) is 5.41 Å². The minimum atomic E-state index is -0.294. The third kappa shape index (κ3) is 6.29. The van der Waals surface area contributed by atoms with Gasteiger partial charge >= 0.3 is 0 Å². The van der Waals surface area contributed by atoms with Crippen molar-refractivity contribution in [1.29, 1.82) is 0 Å². The van der Waals surface area contributed by atoms with Crippen LogP contribution in [0.2, 0.25) is 0 Å². The second kappa shape index (κ2) is 6.95. The molecule has 0 radical (unpaired) electrons. The highest BCUT2D eigenvalue weighted by Gasteiger charge is 2.27. The molecule has 0 aliphatic heterocycles. The molecule has 0 aliphatic carbocycles. The minimum Gasteiger partial charge on any atom is -0.347 e. The molecule has 0 spiro atoms. The van der Waals surface area contributed by atoms with E-state index in [1.165, 1.54) is 0 Å². The third-order valence-electron chi connectivity index (χ3n) is 3.15. The van der Waals surface area contributed by atoms with Crippen molar-refractivity contribution in [1.82, 2.24) is 5.32 Å². The van der Waals surface area contributed by atoms with E-state index in [1.54, 1.807) is 31.2 Å². The van der Waals surface area contributed by atoms with Crippen LogP contribution >= 0.6 is 0 Å². The first kappa shape index (κ1) is 18.2. The normalized spacial score (nSPS) is 11.9. The standard InChI is InChI=1S/C18H28N2O2/c1-7-15(21)19-14-10-8-9-13(11-14)16(22)20-18(5,6)12-17(2,3)4/h8-11H,7,12H2,1-6H3,(H,19,21)(H,20,22). The largest absolute Gasteiger partial charge is 0.347 e. The second-order valence-electron chi connectivity index (χ2n) is 7.56. The van der Waals surface area contributed by atoms with Crippen LogP contribution < -0.4 is 10.6 Å². The molecule has 0 bridgehead atoms. The minimum absolute atomic E-state index is 0.0642. The Morgan fingerprint density at radius 1 is 1.09 bits per heavy atom. The fourth-order valence-electron chi connectivity index (χ4n) is 2.74. The topological polar surface area (TPSA) is 58.2 Å². The maximum Gasteiger partial charge on any atom is 0.251 e. The lowest BCUT2D eigenvalue weighted by Crippen LogP contribution is -2.45. The highest BCUT2D eigenvalue weighted by Crippen LogP contribution is 2.27. The van der Waals surface area contributed by atoms with Crippen LogP contribution in [-0.4, -0.2) is 17.4 Å². The Balaban J connectivity index is 2.81. The highest BCUT2D eigenvalue weighted by atomic mass is 16.2. The zero-order chi connectivity index (χ0) is 17.0. The van der Waals surface area contributed by atoms with Crippen LogP contribution in [0.3, 0.4) is 0 Å². The molecule has 0 saturated carbocycles. The lowest BCUT2D eigenvalue weighted by atomic mass is 9.81. The van der Waals surface area contributed by atoms with Gasteiger partial charge in [0.2, 0.25) is 5.91 Å². The summed E-state index contributed by atoms with van der Waals surface area (Å²) >= 11 is 0. The number of nitrogens with one attached hydrogen (secondary N) is 2. The number of benzene rings is 1. The molecule has 22 heavy (non-hydrogen) atoms. The first-order chi connectivity index (χ1) is 10.0. The lowest BCUT2D eigenvalue weighted by molar-refractivity contribution is -0.115. The van der Waals surface area contributed by atoms with Crippen molar-refractivity contribution in [2.45, 2.75) is 59.9 Å². The summed E-state index contributed by atoms with van der Waals surface area (Å²) in [5.74, 6) is -0.188. The molecule has 0 saturated heterocycles. The van der Waals surface area contributed by atoms with Crippen molar-refractivity contribution in [3.05, 3.63) is 29.8 Å². The van der Waals surface area contributed by atoms with Crippen LogP contribution in [0.15, 0.2) is 24.3 Å². The smallest absolute Gasteiger partial charge is 0.251 e. The Bertz CT molecular complexity index is 542. The Hall–Kier alpha value is -1.84. The number of hydrogen-bond donors (Lipinski definition) is 2. The zero-order valence-electron chi connectivity index (χ0n) is 14.5. The molecular formula is C18H28N2O2. The number of carbonyl (C=O) groups excluding carboxylic acids is 2. The number of amides is 2. The summed E-state index contributed by atoms with van der Waals surface area (Å²) in [5.41, 5.74) is 1.04. The Kier molecular flexibility index (Phi) is 5.75. The molecule has 0 aliphatic rings. The van der Waals surface area contributed by atoms with Gasteiger partial charge in [-0.25, -0.2) is 0 Å². The third-order valence-corrected chi connectivity index (χ3v) is 3.15. The summed E-state index contributed by atoms with van der Waals surface area (Å²) in [5, 5.41) is 5.84. The maximum atomic E-state index is 12.4. The SMILES string of the molecule is CCC(=O)Nc1cccc(C(=O)NC(C)(C)CC(C)(C)C)c1. The predicted octanol–water partition coefficient (Wildman–Crippen LogP) is 3.98. The van der Waals surface area contributed by atoms with E-state index in [1.807, 2.05) is 13.8 Å². The van der Waals surface area contributed by atoms with Crippen LogP contribution in [-0.2, 0) is 4.79 Å². The van der Waals surface area contributed by atoms with Crippen molar-refractivity contribution in [3.63, 3.8) is 0 Å². The molecule has 4 nitrogen and oxygen atoms in total. The van der Waals surface area contributed by atoms with Gasteiger partial charge in [-0.2, -0.15) is 0 Å². The molecule has 1 rings (SSSR count). The molecule has 1 aromatic carbocycles. The zero-order valence-corrected chi connectivity index (χ0v) is 14.5. The van der Waals surface area contributed by atoms with E-state index in [-0.39, 0.29) is 22.8 Å². The molecule has 122 valence electrons. The van der Waals surface area contributed by atoms with Gasteiger partial charge in [0, 0.05) is 23.2 Å². The van der Waals surface area contributed by atoms with Gasteiger partial charge in [-0.15, -0.1) is 0 Å². The summed E-state index contributed by atoms with van der Waals surface area (Å²) < 4.78 is 0. The highest BCUT2D eigenvalue weighted by molar-refractivity contribution is 5.97. The van der Waals surface area contributed by atoms with Gasteiger partial charge < -0.3 is 10.6 Å². The molecule has 0 heterocycles. The van der Waals surface area contributed by atoms with Crippen LogP contribution in [0, 0.1) is 5.41 Å². The molecule has 1 aromatic rings. The van der Waals surface area contributed by atoms with Crippen molar-refractivity contribution >= 4 is 17.5 Å². The molecule has 2 N–H and O–H groups in total. The fraction of sp³-hybridized carbons (Fsp3) is 0.556. The van der Waals surface area contributed by atoms with Gasteiger partial charge in [-0.3, -0.25) is 9.59 Å². The lowest BCUT2D eigenvalue weighted by Gasteiger charge is -2.33. The average molecular weight is 304 g/mol. The predicted molar refractivity (Wildman–Crippen MR) is 91.0 cm³/mol. The summed E-state index contributed by atoms with van der Waals surface area (Å²) in [6.45, 7) is 12.3. The average Bonchev–Trinajstić information content (AvgIpc) is 2.35. The van der Waals surface area contributed by atoms with Gasteiger partial charge in [0.25, 0.3) is 5.91 Å². The van der Waals surface area contributed by atoms with Gasteiger partial charge in [-0.05, 0) is 43.9 Å². The van der Waals surface area contributed by atoms with E-state index < -0.39 is 0 Å². The van der Waals surface area contributed by atoms with E-state index in [0.717, 1.165) is 6.42 Å². The number of rotatable bonds is 5.